The molecule has 2 rings (SSSR count). The summed E-state index contributed by atoms with van der Waals surface area (Å²) in [6.07, 6.45) is 3.54. The van der Waals surface area contributed by atoms with Crippen molar-refractivity contribution in [2.45, 2.75) is 11.3 Å². The minimum absolute atomic E-state index is 0.143. The number of rotatable bonds is 6. The van der Waals surface area contributed by atoms with Gasteiger partial charge in [-0.25, -0.2) is 0 Å². The number of aromatic nitrogens is 1. The Bertz CT molecular complexity index is 544. The van der Waals surface area contributed by atoms with E-state index in [9.17, 15) is 10.0 Å². The fourth-order valence-corrected chi connectivity index (χ4v) is 2.52. The molecule has 5 heteroatoms. The van der Waals surface area contributed by atoms with Gasteiger partial charge in [0.2, 0.25) is 0 Å². The monoisotopic (exact) mass is 288 g/mol. The van der Waals surface area contributed by atoms with Crippen molar-refractivity contribution < 1.29 is 9.52 Å². The van der Waals surface area contributed by atoms with Crippen LogP contribution < -0.4 is 10.0 Å². The molecule has 0 fully saturated rings. The lowest BCUT2D eigenvalue weighted by Crippen LogP contribution is -2.28. The van der Waals surface area contributed by atoms with Gasteiger partial charge in [-0.15, -0.1) is 11.8 Å². The van der Waals surface area contributed by atoms with Gasteiger partial charge in [-0.05, 0) is 24.3 Å². The van der Waals surface area contributed by atoms with Crippen molar-refractivity contribution in [3.05, 3.63) is 65.6 Å². The van der Waals surface area contributed by atoms with Gasteiger partial charge >= 0.3 is 0 Å². The number of carbonyl (C=O) groups is 1. The first-order chi connectivity index (χ1) is 9.75. The van der Waals surface area contributed by atoms with Gasteiger partial charge in [0.25, 0.3) is 5.91 Å². The zero-order valence-corrected chi connectivity index (χ0v) is 11.8. The first kappa shape index (κ1) is 14.4. The summed E-state index contributed by atoms with van der Waals surface area (Å²) in [5, 5.41) is 13.7. The van der Waals surface area contributed by atoms with Crippen LogP contribution in [0.1, 0.15) is 16.8 Å². The number of hydrogen-bond acceptors (Lipinski definition) is 3. The van der Waals surface area contributed by atoms with Crippen LogP contribution in [-0.2, 0) is 0 Å². The second-order valence-corrected chi connectivity index (χ2v) is 5.39. The summed E-state index contributed by atoms with van der Waals surface area (Å²) in [7, 11) is 0. The van der Waals surface area contributed by atoms with E-state index in [1.54, 1.807) is 11.8 Å². The number of nitrogens with zero attached hydrogens (tertiary/aromatic N) is 1. The van der Waals surface area contributed by atoms with E-state index in [-0.39, 0.29) is 5.91 Å². The van der Waals surface area contributed by atoms with Crippen LogP contribution in [0.2, 0.25) is 0 Å². The number of amides is 1. The van der Waals surface area contributed by atoms with Gasteiger partial charge in [-0.2, -0.15) is 4.73 Å². The summed E-state index contributed by atoms with van der Waals surface area (Å²) >= 11 is 1.77. The lowest BCUT2D eigenvalue weighted by atomic mass is 10.2. The predicted molar refractivity (Wildman–Crippen MR) is 79.5 cm³/mol. The highest BCUT2D eigenvalue weighted by atomic mass is 32.2. The summed E-state index contributed by atoms with van der Waals surface area (Å²) in [4.78, 5) is 13.0. The van der Waals surface area contributed by atoms with Gasteiger partial charge in [-0.3, -0.25) is 4.79 Å². The maximum atomic E-state index is 11.8. The molecule has 1 aromatic carbocycles. The molecular weight excluding hydrogens is 272 g/mol. The second-order valence-electron chi connectivity index (χ2n) is 4.22. The fraction of sp³-hybridized carbons (Fsp3) is 0.200. The number of pyridine rings is 1. The summed E-state index contributed by atoms with van der Waals surface area (Å²) in [5.41, 5.74) is 0.507. The molecule has 20 heavy (non-hydrogen) atoms. The van der Waals surface area contributed by atoms with E-state index >= 15 is 0 Å². The summed E-state index contributed by atoms with van der Waals surface area (Å²) in [6.45, 7) is 0.630. The third kappa shape index (κ3) is 4.59. The highest BCUT2D eigenvalue weighted by Gasteiger charge is 2.05. The van der Waals surface area contributed by atoms with Crippen molar-refractivity contribution in [1.82, 2.24) is 5.32 Å². The Hall–Kier alpha value is -2.01. The lowest BCUT2D eigenvalue weighted by Gasteiger charge is -2.05. The molecule has 1 amide bonds. The molecular formula is C15H16N2O2S. The number of hydrogen-bond donors (Lipinski definition) is 1. The molecule has 1 heterocycles. The zero-order valence-electron chi connectivity index (χ0n) is 11.0. The van der Waals surface area contributed by atoms with Gasteiger partial charge in [0, 0.05) is 23.6 Å². The van der Waals surface area contributed by atoms with Gasteiger partial charge in [0.15, 0.2) is 12.4 Å². The normalized spacial score (nSPS) is 10.2. The van der Waals surface area contributed by atoms with E-state index in [0.29, 0.717) is 16.8 Å². The average molecular weight is 288 g/mol. The third-order valence-corrected chi connectivity index (χ3v) is 3.78. The third-order valence-electron chi connectivity index (χ3n) is 2.68. The summed E-state index contributed by atoms with van der Waals surface area (Å²) in [5.74, 6) is 0.815. The molecule has 0 unspecified atom stereocenters. The van der Waals surface area contributed by atoms with Gasteiger partial charge < -0.3 is 10.5 Å². The van der Waals surface area contributed by atoms with Crippen molar-refractivity contribution in [3.63, 3.8) is 0 Å². The van der Waals surface area contributed by atoms with Crippen LogP contribution in [-0.4, -0.2) is 18.2 Å². The SMILES string of the molecule is O=C(NCCCSc1ccccc1)c1cc[n+]([O-])cc1. The number of nitrogens with one attached hydrogen (secondary N) is 1. The van der Waals surface area contributed by atoms with Crippen molar-refractivity contribution in [2.75, 3.05) is 12.3 Å². The van der Waals surface area contributed by atoms with Crippen LogP contribution in [0.4, 0.5) is 0 Å². The Labute approximate surface area is 122 Å². The maximum absolute atomic E-state index is 11.8. The van der Waals surface area contributed by atoms with Crippen LogP contribution >= 0.6 is 11.8 Å². The molecule has 0 radical (unpaired) electrons. The topological polar surface area (TPSA) is 56.0 Å². The molecule has 0 bridgehead atoms. The van der Waals surface area contributed by atoms with E-state index in [1.165, 1.54) is 29.4 Å². The van der Waals surface area contributed by atoms with E-state index in [1.807, 2.05) is 18.2 Å². The smallest absolute Gasteiger partial charge is 0.251 e. The molecule has 0 atom stereocenters. The largest absolute Gasteiger partial charge is 0.619 e. The minimum atomic E-state index is -0.143. The van der Waals surface area contributed by atoms with E-state index in [2.05, 4.69) is 17.4 Å². The van der Waals surface area contributed by atoms with Crippen molar-refractivity contribution in [1.29, 1.82) is 0 Å². The molecule has 0 saturated heterocycles. The van der Waals surface area contributed by atoms with E-state index in [4.69, 9.17) is 0 Å². The van der Waals surface area contributed by atoms with Crippen LogP contribution in [0, 0.1) is 5.21 Å². The Kier molecular flexibility index (Phi) is 5.43. The molecule has 0 saturated carbocycles. The van der Waals surface area contributed by atoms with Gasteiger partial charge in [-0.1, -0.05) is 18.2 Å². The van der Waals surface area contributed by atoms with E-state index < -0.39 is 0 Å². The molecule has 104 valence electrons. The number of benzene rings is 1. The Balaban J connectivity index is 1.66. The first-order valence-electron chi connectivity index (χ1n) is 6.40. The predicted octanol–water partition coefficient (Wildman–Crippen LogP) is 2.23. The molecule has 0 aliphatic heterocycles. The number of thioether (sulfide) groups is 1. The molecule has 0 spiro atoms. The summed E-state index contributed by atoms with van der Waals surface area (Å²) in [6, 6.07) is 13.2. The van der Waals surface area contributed by atoms with Crippen molar-refractivity contribution >= 4 is 17.7 Å². The quantitative estimate of drug-likeness (QED) is 0.384. The lowest BCUT2D eigenvalue weighted by molar-refractivity contribution is -0.605. The van der Waals surface area contributed by atoms with Gasteiger partial charge in [0.05, 0.1) is 5.56 Å². The fourth-order valence-electron chi connectivity index (χ4n) is 1.65. The van der Waals surface area contributed by atoms with Crippen molar-refractivity contribution in [2.24, 2.45) is 0 Å². The highest BCUT2D eigenvalue weighted by molar-refractivity contribution is 7.99. The Morgan fingerprint density at radius 2 is 1.85 bits per heavy atom. The Morgan fingerprint density at radius 3 is 2.55 bits per heavy atom. The summed E-state index contributed by atoms with van der Waals surface area (Å²) < 4.78 is 0.660. The van der Waals surface area contributed by atoms with Gasteiger partial charge in [0.1, 0.15) is 0 Å². The highest BCUT2D eigenvalue weighted by Crippen LogP contribution is 2.17. The molecule has 2 aromatic rings. The van der Waals surface area contributed by atoms with Crippen LogP contribution in [0.3, 0.4) is 0 Å². The van der Waals surface area contributed by atoms with Crippen molar-refractivity contribution in [3.8, 4) is 0 Å². The molecule has 0 aliphatic carbocycles. The van der Waals surface area contributed by atoms with E-state index in [0.717, 1.165) is 12.2 Å². The first-order valence-corrected chi connectivity index (χ1v) is 7.39. The van der Waals surface area contributed by atoms with Crippen LogP contribution in [0.5, 0.6) is 0 Å². The molecule has 0 aliphatic rings. The molecule has 1 N–H and O–H groups in total. The number of carbonyl (C=O) groups excluding carboxylic acids is 1. The Morgan fingerprint density at radius 1 is 1.15 bits per heavy atom. The average Bonchev–Trinajstić information content (AvgIpc) is 2.48. The van der Waals surface area contributed by atoms with Crippen LogP contribution in [0.15, 0.2) is 59.8 Å². The second kappa shape index (κ2) is 7.55. The minimum Gasteiger partial charge on any atom is -0.619 e. The maximum Gasteiger partial charge on any atom is 0.251 e. The van der Waals surface area contributed by atoms with Crippen LogP contribution in [0.25, 0.3) is 0 Å². The zero-order chi connectivity index (χ0) is 14.2. The molecule has 4 nitrogen and oxygen atoms in total. The molecule has 1 aromatic heterocycles. The standard InChI is InChI=1S/C15H16N2O2S/c18-15(13-7-10-17(19)11-8-13)16-9-4-12-20-14-5-2-1-3-6-14/h1-3,5-8,10-11H,4,9,12H2,(H,16,18).